The van der Waals surface area contributed by atoms with Crippen LogP contribution in [0.2, 0.25) is 0 Å². The van der Waals surface area contributed by atoms with Crippen molar-refractivity contribution in [2.45, 2.75) is 26.9 Å². The number of hydrogen-bond acceptors (Lipinski definition) is 7. The molecule has 9 heteroatoms. The van der Waals surface area contributed by atoms with Crippen molar-refractivity contribution in [3.63, 3.8) is 0 Å². The zero-order valence-electron chi connectivity index (χ0n) is 16.7. The highest BCUT2D eigenvalue weighted by Gasteiger charge is 2.14. The highest BCUT2D eigenvalue weighted by molar-refractivity contribution is 7.80. The number of hydrogen-bond donors (Lipinski definition) is 2. The van der Waals surface area contributed by atoms with Gasteiger partial charge in [0.2, 0.25) is 0 Å². The van der Waals surface area contributed by atoms with E-state index in [2.05, 4.69) is 15.6 Å². The number of nitrogens with zero attached hydrogens (tertiary/aromatic N) is 1. The van der Waals surface area contributed by atoms with Crippen molar-refractivity contribution >= 4 is 55.9 Å². The predicted molar refractivity (Wildman–Crippen MR) is 121 cm³/mol. The molecule has 0 atom stereocenters. The van der Waals surface area contributed by atoms with Crippen LogP contribution in [0.25, 0.3) is 10.2 Å². The number of aromatic nitrogens is 1. The molecule has 7 nitrogen and oxygen atoms in total. The molecule has 0 fully saturated rings. The largest absolute Gasteiger partial charge is 0.494 e. The van der Waals surface area contributed by atoms with Gasteiger partial charge in [-0.15, -0.1) is 0 Å². The summed E-state index contributed by atoms with van der Waals surface area (Å²) in [6.45, 7) is 5.99. The number of ether oxygens (including phenoxy) is 2. The Hall–Kier alpha value is -3.04. The number of carbonyl (C=O) groups is 2. The quantitative estimate of drug-likeness (QED) is 0.431. The molecule has 3 aromatic rings. The molecule has 0 aliphatic carbocycles. The monoisotopic (exact) mass is 443 g/mol. The summed E-state index contributed by atoms with van der Waals surface area (Å²) in [5.74, 6) is -0.122. The summed E-state index contributed by atoms with van der Waals surface area (Å²) in [5, 5.41) is 6.17. The van der Waals surface area contributed by atoms with Gasteiger partial charge in [-0.1, -0.05) is 17.4 Å². The van der Waals surface area contributed by atoms with Gasteiger partial charge in [0, 0.05) is 5.56 Å². The zero-order valence-corrected chi connectivity index (χ0v) is 18.4. The average Bonchev–Trinajstić information content (AvgIpc) is 3.09. The van der Waals surface area contributed by atoms with Crippen molar-refractivity contribution in [2.24, 2.45) is 0 Å². The fourth-order valence-corrected chi connectivity index (χ4v) is 3.75. The van der Waals surface area contributed by atoms with Crippen LogP contribution in [0.1, 0.15) is 41.5 Å². The second-order valence-electron chi connectivity index (χ2n) is 6.52. The summed E-state index contributed by atoms with van der Waals surface area (Å²) in [6.07, 6.45) is -0.193. The Morgan fingerprint density at radius 1 is 1.17 bits per heavy atom. The van der Waals surface area contributed by atoms with Crippen LogP contribution in [-0.4, -0.2) is 34.7 Å². The smallest absolute Gasteiger partial charge is 0.338 e. The first-order valence-electron chi connectivity index (χ1n) is 9.32. The number of nitrogens with one attached hydrogen (secondary N) is 2. The van der Waals surface area contributed by atoms with Crippen LogP contribution in [0.5, 0.6) is 5.75 Å². The van der Waals surface area contributed by atoms with Crippen LogP contribution < -0.4 is 15.4 Å². The first kappa shape index (κ1) is 21.7. The minimum atomic E-state index is -0.383. The lowest BCUT2D eigenvalue weighted by molar-refractivity contribution is 0.0378. The molecule has 0 aliphatic heterocycles. The maximum atomic E-state index is 12.4. The molecule has 0 spiro atoms. The summed E-state index contributed by atoms with van der Waals surface area (Å²) in [4.78, 5) is 28.9. The van der Waals surface area contributed by atoms with Crippen LogP contribution in [0, 0.1) is 0 Å². The van der Waals surface area contributed by atoms with Crippen LogP contribution in [0.3, 0.4) is 0 Å². The van der Waals surface area contributed by atoms with Crippen molar-refractivity contribution in [1.29, 1.82) is 0 Å². The first-order valence-corrected chi connectivity index (χ1v) is 10.5. The lowest BCUT2D eigenvalue weighted by Crippen LogP contribution is -2.34. The van der Waals surface area contributed by atoms with Gasteiger partial charge < -0.3 is 14.8 Å². The van der Waals surface area contributed by atoms with Gasteiger partial charge >= 0.3 is 5.97 Å². The van der Waals surface area contributed by atoms with Gasteiger partial charge in [0.05, 0.1) is 28.5 Å². The van der Waals surface area contributed by atoms with E-state index in [0.29, 0.717) is 34.1 Å². The van der Waals surface area contributed by atoms with E-state index in [1.54, 1.807) is 56.3 Å². The minimum absolute atomic E-state index is 0.125. The lowest BCUT2D eigenvalue weighted by atomic mass is 10.2. The Morgan fingerprint density at radius 3 is 2.70 bits per heavy atom. The third-order valence-corrected chi connectivity index (χ3v) is 4.96. The normalized spacial score (nSPS) is 10.7. The fraction of sp³-hybridized carbons (Fsp3) is 0.238. The molecule has 1 aromatic heterocycles. The minimum Gasteiger partial charge on any atom is -0.494 e. The molecule has 30 heavy (non-hydrogen) atoms. The number of fused-ring (bicyclic) bond motifs is 1. The van der Waals surface area contributed by atoms with E-state index in [0.717, 1.165) is 4.70 Å². The molecular weight excluding hydrogens is 422 g/mol. The van der Waals surface area contributed by atoms with Gasteiger partial charge in [-0.25, -0.2) is 9.78 Å². The molecule has 3 rings (SSSR count). The molecule has 1 heterocycles. The Balaban J connectivity index is 1.66. The van der Waals surface area contributed by atoms with E-state index in [9.17, 15) is 9.59 Å². The molecule has 0 saturated heterocycles. The second kappa shape index (κ2) is 9.64. The van der Waals surface area contributed by atoms with E-state index < -0.39 is 0 Å². The first-order chi connectivity index (χ1) is 14.4. The second-order valence-corrected chi connectivity index (χ2v) is 7.96. The molecule has 0 radical (unpaired) electrons. The van der Waals surface area contributed by atoms with E-state index >= 15 is 0 Å². The lowest BCUT2D eigenvalue weighted by Gasteiger charge is -2.08. The van der Waals surface area contributed by atoms with Crippen molar-refractivity contribution < 1.29 is 19.1 Å². The van der Waals surface area contributed by atoms with Crippen molar-refractivity contribution in [1.82, 2.24) is 10.3 Å². The molecule has 156 valence electrons. The van der Waals surface area contributed by atoms with Crippen molar-refractivity contribution in [2.75, 3.05) is 11.9 Å². The standard InChI is InChI=1S/C21H21N3O4S2/c1-4-27-15-7-5-6-13(10-15)18(25)23-20(29)24-21-22-16-9-8-14(11-17(16)30-21)19(26)28-12(2)3/h5-12H,4H2,1-3H3,(H2,22,23,24,25,29). The van der Waals surface area contributed by atoms with E-state index in [4.69, 9.17) is 21.7 Å². The van der Waals surface area contributed by atoms with Crippen LogP contribution in [0.15, 0.2) is 42.5 Å². The van der Waals surface area contributed by atoms with Crippen LogP contribution in [0.4, 0.5) is 5.13 Å². The Kier molecular flexibility index (Phi) is 6.96. The summed E-state index contributed by atoms with van der Waals surface area (Å²) in [6, 6.07) is 12.0. The zero-order chi connectivity index (χ0) is 21.7. The van der Waals surface area contributed by atoms with Gasteiger partial charge in [0.25, 0.3) is 5.91 Å². The number of anilines is 1. The predicted octanol–water partition coefficient (Wildman–Crippen LogP) is 4.39. The number of benzene rings is 2. The molecule has 2 N–H and O–H groups in total. The van der Waals surface area contributed by atoms with Gasteiger partial charge in [-0.3, -0.25) is 10.1 Å². The molecular formula is C21H21N3O4S2. The van der Waals surface area contributed by atoms with Crippen LogP contribution in [-0.2, 0) is 4.74 Å². The highest BCUT2D eigenvalue weighted by Crippen LogP contribution is 2.27. The highest BCUT2D eigenvalue weighted by atomic mass is 32.1. The van der Waals surface area contributed by atoms with Crippen molar-refractivity contribution in [3.05, 3.63) is 53.6 Å². The van der Waals surface area contributed by atoms with Gasteiger partial charge in [0.15, 0.2) is 10.2 Å². The number of rotatable bonds is 6. The molecule has 0 bridgehead atoms. The maximum Gasteiger partial charge on any atom is 0.338 e. The molecule has 0 aliphatic rings. The average molecular weight is 444 g/mol. The molecule has 2 aromatic carbocycles. The Morgan fingerprint density at radius 2 is 1.97 bits per heavy atom. The van der Waals surface area contributed by atoms with E-state index in [-0.39, 0.29) is 23.1 Å². The third-order valence-electron chi connectivity index (χ3n) is 3.82. The fourth-order valence-electron chi connectivity index (χ4n) is 2.58. The van der Waals surface area contributed by atoms with E-state index in [1.165, 1.54) is 11.3 Å². The maximum absolute atomic E-state index is 12.4. The number of carbonyl (C=O) groups excluding carboxylic acids is 2. The van der Waals surface area contributed by atoms with Gasteiger partial charge in [0.1, 0.15) is 5.75 Å². The summed E-state index contributed by atoms with van der Waals surface area (Å²) < 4.78 is 11.4. The van der Waals surface area contributed by atoms with Gasteiger partial charge in [-0.05, 0) is 69.4 Å². The number of thiocarbonyl (C=S) groups is 1. The van der Waals surface area contributed by atoms with Gasteiger partial charge in [-0.2, -0.15) is 0 Å². The molecule has 0 unspecified atom stereocenters. The number of thiazole rings is 1. The Bertz CT molecular complexity index is 1090. The summed E-state index contributed by atoms with van der Waals surface area (Å²) >= 11 is 6.55. The number of esters is 1. The third kappa shape index (κ3) is 5.52. The number of amides is 1. The topological polar surface area (TPSA) is 89.5 Å². The van der Waals surface area contributed by atoms with Crippen molar-refractivity contribution in [3.8, 4) is 5.75 Å². The molecule has 1 amide bonds. The molecule has 0 saturated carbocycles. The summed E-state index contributed by atoms with van der Waals surface area (Å²) in [5.41, 5.74) is 1.60. The van der Waals surface area contributed by atoms with E-state index in [1.807, 2.05) is 6.92 Å². The summed E-state index contributed by atoms with van der Waals surface area (Å²) in [7, 11) is 0. The SMILES string of the molecule is CCOc1cccc(C(=O)NC(=S)Nc2nc3ccc(C(=O)OC(C)C)cc3s2)c1. The van der Waals surface area contributed by atoms with Crippen LogP contribution >= 0.6 is 23.6 Å². The Labute approximate surface area is 183 Å².